The number of benzene rings is 2. The lowest BCUT2D eigenvalue weighted by atomic mass is 10.1. The third-order valence-electron chi connectivity index (χ3n) is 5.63. The molecule has 198 valence electrons. The summed E-state index contributed by atoms with van der Waals surface area (Å²) in [5.41, 5.74) is 0.535. The summed E-state index contributed by atoms with van der Waals surface area (Å²) in [5.74, 6) is -1.34. The highest BCUT2D eigenvalue weighted by molar-refractivity contribution is 7.92. The highest BCUT2D eigenvalue weighted by atomic mass is 35.5. The molecule has 1 N–H and O–H groups in total. The Kier molecular flexibility index (Phi) is 11.5. The molecule has 2 rings (SSSR count). The molecule has 0 fully saturated rings. The van der Waals surface area contributed by atoms with Gasteiger partial charge >= 0.3 is 0 Å². The van der Waals surface area contributed by atoms with Crippen molar-refractivity contribution in [2.45, 2.75) is 52.1 Å². The Balaban J connectivity index is 2.19. The first-order valence-electron chi connectivity index (χ1n) is 11.7. The van der Waals surface area contributed by atoms with Gasteiger partial charge in [-0.1, -0.05) is 54.7 Å². The van der Waals surface area contributed by atoms with Crippen molar-refractivity contribution in [1.29, 1.82) is 0 Å². The average Bonchev–Trinajstić information content (AvgIpc) is 2.81. The van der Waals surface area contributed by atoms with Crippen LogP contribution in [0.5, 0.6) is 0 Å². The molecule has 2 aromatic rings. The van der Waals surface area contributed by atoms with Crippen LogP contribution in [0.1, 0.15) is 45.1 Å². The van der Waals surface area contributed by atoms with Crippen molar-refractivity contribution < 1.29 is 22.4 Å². The van der Waals surface area contributed by atoms with Crippen molar-refractivity contribution in [2.75, 3.05) is 23.7 Å². The zero-order valence-corrected chi connectivity index (χ0v) is 23.0. The van der Waals surface area contributed by atoms with Gasteiger partial charge < -0.3 is 10.2 Å². The van der Waals surface area contributed by atoms with Gasteiger partial charge in [0, 0.05) is 36.1 Å². The van der Waals surface area contributed by atoms with Crippen LogP contribution in [0.15, 0.2) is 42.5 Å². The molecule has 7 nitrogen and oxygen atoms in total. The topological polar surface area (TPSA) is 86.8 Å². The van der Waals surface area contributed by atoms with Crippen LogP contribution >= 0.6 is 23.2 Å². The largest absolute Gasteiger partial charge is 0.354 e. The zero-order valence-electron chi connectivity index (χ0n) is 20.6. The molecule has 11 heteroatoms. The molecule has 36 heavy (non-hydrogen) atoms. The number of carbonyl (C=O) groups excluding carboxylic acids is 2. The Morgan fingerprint density at radius 2 is 1.81 bits per heavy atom. The fraction of sp³-hybridized carbons (Fsp3) is 0.440. The van der Waals surface area contributed by atoms with Crippen molar-refractivity contribution in [3.63, 3.8) is 0 Å². The first-order valence-corrected chi connectivity index (χ1v) is 14.3. The Morgan fingerprint density at radius 1 is 1.11 bits per heavy atom. The number of amides is 2. The molecular weight excluding hydrogens is 528 g/mol. The number of rotatable bonds is 13. The normalized spacial score (nSPS) is 12.2. The second kappa shape index (κ2) is 13.8. The summed E-state index contributed by atoms with van der Waals surface area (Å²) >= 11 is 12.3. The van der Waals surface area contributed by atoms with Crippen molar-refractivity contribution in [2.24, 2.45) is 0 Å². The molecule has 0 saturated heterocycles. The van der Waals surface area contributed by atoms with Crippen LogP contribution < -0.4 is 9.62 Å². The van der Waals surface area contributed by atoms with Crippen molar-refractivity contribution >= 4 is 50.7 Å². The number of anilines is 1. The molecule has 0 spiro atoms. The van der Waals surface area contributed by atoms with E-state index in [1.165, 1.54) is 29.2 Å². The molecule has 0 saturated carbocycles. The quantitative estimate of drug-likeness (QED) is 0.349. The van der Waals surface area contributed by atoms with Gasteiger partial charge in [-0.15, -0.1) is 0 Å². The molecule has 1 atom stereocenters. The van der Waals surface area contributed by atoms with E-state index >= 15 is 0 Å². The fourth-order valence-electron chi connectivity index (χ4n) is 3.59. The third kappa shape index (κ3) is 8.64. The Labute approximate surface area is 222 Å². The summed E-state index contributed by atoms with van der Waals surface area (Å²) in [6, 6.07) is 9.66. The number of hydrogen-bond donors (Lipinski definition) is 1. The standard InChI is InChI=1S/C25H32Cl2FN3O4S/c1-4-5-14-29-25(33)18(2)30(17-19-12-13-20(26)16-21(19)27)24(32)11-8-15-31(36(3,34)35)23-10-7-6-9-22(23)28/h6-7,9-10,12-13,16,18H,4-5,8,11,14-15,17H2,1-3H3,(H,29,33). The minimum Gasteiger partial charge on any atom is -0.354 e. The van der Waals surface area contributed by atoms with Crippen molar-refractivity contribution in [1.82, 2.24) is 10.2 Å². The smallest absolute Gasteiger partial charge is 0.242 e. The van der Waals surface area contributed by atoms with Crippen molar-refractivity contribution in [3.05, 3.63) is 63.9 Å². The molecule has 0 radical (unpaired) electrons. The van der Waals surface area contributed by atoms with Gasteiger partial charge in [0.25, 0.3) is 0 Å². The van der Waals surface area contributed by atoms with E-state index in [0.717, 1.165) is 23.4 Å². The van der Waals surface area contributed by atoms with Crippen LogP contribution in [0.25, 0.3) is 0 Å². The van der Waals surface area contributed by atoms with E-state index in [2.05, 4.69) is 5.32 Å². The number of sulfonamides is 1. The maximum Gasteiger partial charge on any atom is 0.242 e. The van der Waals surface area contributed by atoms with Crippen LogP contribution in [0, 0.1) is 5.82 Å². The molecular formula is C25H32Cl2FN3O4S. The van der Waals surface area contributed by atoms with Gasteiger partial charge in [-0.05, 0) is 49.6 Å². The van der Waals surface area contributed by atoms with E-state index in [9.17, 15) is 22.4 Å². The summed E-state index contributed by atoms with van der Waals surface area (Å²) in [5, 5.41) is 3.64. The van der Waals surface area contributed by atoms with E-state index in [1.807, 2.05) is 6.92 Å². The number of hydrogen-bond acceptors (Lipinski definition) is 4. The lowest BCUT2D eigenvalue weighted by molar-refractivity contribution is -0.140. The minimum absolute atomic E-state index is 0.0573. The molecule has 0 aliphatic carbocycles. The Bertz CT molecular complexity index is 1160. The summed E-state index contributed by atoms with van der Waals surface area (Å²) in [4.78, 5) is 27.4. The lowest BCUT2D eigenvalue weighted by Gasteiger charge is -2.30. The molecule has 2 amide bonds. The van der Waals surface area contributed by atoms with Crippen LogP contribution in [0.2, 0.25) is 10.0 Å². The van der Waals surface area contributed by atoms with Gasteiger partial charge in [-0.2, -0.15) is 0 Å². The molecule has 0 aromatic heterocycles. The van der Waals surface area contributed by atoms with Crippen molar-refractivity contribution in [3.8, 4) is 0 Å². The summed E-state index contributed by atoms with van der Waals surface area (Å²) in [6.07, 6.45) is 2.77. The SMILES string of the molecule is CCCCNC(=O)C(C)N(Cc1ccc(Cl)cc1Cl)C(=O)CCCN(c1ccccc1F)S(C)(=O)=O. The van der Waals surface area contributed by atoms with Gasteiger partial charge in [0.1, 0.15) is 11.9 Å². The molecule has 1 unspecified atom stereocenters. The number of carbonyl (C=O) groups is 2. The van der Waals surface area contributed by atoms with E-state index in [1.54, 1.807) is 25.1 Å². The van der Waals surface area contributed by atoms with Crippen LogP contribution in [-0.2, 0) is 26.2 Å². The Hall–Kier alpha value is -2.36. The zero-order chi connectivity index (χ0) is 26.9. The first kappa shape index (κ1) is 29.9. The van der Waals surface area contributed by atoms with E-state index in [-0.39, 0.29) is 43.4 Å². The number of unbranched alkanes of at least 4 members (excludes halogenated alkanes) is 1. The van der Waals surface area contributed by atoms with Gasteiger partial charge in [0.2, 0.25) is 21.8 Å². The maximum absolute atomic E-state index is 14.3. The molecule has 2 aromatic carbocycles. The molecule has 0 heterocycles. The second-order valence-corrected chi connectivity index (χ2v) is 11.2. The highest BCUT2D eigenvalue weighted by Gasteiger charge is 2.27. The molecule has 0 bridgehead atoms. The van der Waals surface area contributed by atoms with Crippen LogP contribution in [-0.4, -0.2) is 50.5 Å². The lowest BCUT2D eigenvalue weighted by Crippen LogP contribution is -2.48. The van der Waals surface area contributed by atoms with Gasteiger partial charge in [-0.3, -0.25) is 13.9 Å². The second-order valence-electron chi connectivity index (χ2n) is 8.47. The number of para-hydroxylation sites is 1. The Morgan fingerprint density at radius 3 is 2.42 bits per heavy atom. The van der Waals surface area contributed by atoms with Gasteiger partial charge in [-0.25, -0.2) is 12.8 Å². The number of nitrogens with one attached hydrogen (secondary N) is 1. The first-order chi connectivity index (χ1) is 17.0. The number of nitrogens with zero attached hydrogens (tertiary/aromatic N) is 2. The predicted octanol–water partition coefficient (Wildman–Crippen LogP) is 5.01. The third-order valence-corrected chi connectivity index (χ3v) is 7.39. The van der Waals surface area contributed by atoms with Gasteiger partial charge in [0.15, 0.2) is 0 Å². The monoisotopic (exact) mass is 559 g/mol. The van der Waals surface area contributed by atoms with E-state index in [0.29, 0.717) is 22.2 Å². The molecule has 0 aliphatic heterocycles. The van der Waals surface area contributed by atoms with E-state index in [4.69, 9.17) is 23.2 Å². The summed E-state index contributed by atoms with van der Waals surface area (Å²) in [6.45, 7) is 4.11. The average molecular weight is 561 g/mol. The maximum atomic E-state index is 14.3. The summed E-state index contributed by atoms with van der Waals surface area (Å²) in [7, 11) is -3.79. The van der Waals surface area contributed by atoms with Gasteiger partial charge in [0.05, 0.1) is 11.9 Å². The minimum atomic E-state index is -3.79. The van der Waals surface area contributed by atoms with Crippen LogP contribution in [0.4, 0.5) is 10.1 Å². The van der Waals surface area contributed by atoms with Crippen LogP contribution in [0.3, 0.4) is 0 Å². The molecule has 0 aliphatic rings. The highest BCUT2D eigenvalue weighted by Crippen LogP contribution is 2.25. The van der Waals surface area contributed by atoms with E-state index < -0.39 is 21.9 Å². The summed E-state index contributed by atoms with van der Waals surface area (Å²) < 4.78 is 39.8. The predicted molar refractivity (Wildman–Crippen MR) is 142 cm³/mol. The number of halogens is 3. The fourth-order valence-corrected chi connectivity index (χ4v) is 5.02.